The molecule has 3 heterocycles. The molecule has 0 radical (unpaired) electrons. The quantitative estimate of drug-likeness (QED) is 0.764. The molecule has 7 nitrogen and oxygen atoms in total. The molecule has 134 valence electrons. The summed E-state index contributed by atoms with van der Waals surface area (Å²) in [6, 6.07) is 9.17. The molecule has 1 aliphatic heterocycles. The number of fused-ring (bicyclic) bond motifs is 1. The number of carbonyl (C=O) groups is 1. The fourth-order valence-electron chi connectivity index (χ4n) is 3.49. The van der Waals surface area contributed by atoms with Gasteiger partial charge in [-0.1, -0.05) is 12.1 Å². The molecular weight excluding hydrogens is 330 g/mol. The van der Waals surface area contributed by atoms with E-state index in [1.165, 1.54) is 0 Å². The van der Waals surface area contributed by atoms with Gasteiger partial charge in [0.15, 0.2) is 5.65 Å². The van der Waals surface area contributed by atoms with E-state index in [-0.39, 0.29) is 11.7 Å². The van der Waals surface area contributed by atoms with Crippen LogP contribution in [0.2, 0.25) is 0 Å². The lowest BCUT2D eigenvalue weighted by molar-refractivity contribution is 0.0746. The first-order valence-corrected chi connectivity index (χ1v) is 8.66. The van der Waals surface area contributed by atoms with Crippen molar-refractivity contribution >= 4 is 22.6 Å². The number of amides is 1. The molecule has 3 aromatic rings. The smallest absolute Gasteiger partial charge is 0.255 e. The third-order valence-corrected chi connectivity index (χ3v) is 4.90. The normalized spacial score (nSPS) is 14.8. The summed E-state index contributed by atoms with van der Waals surface area (Å²) in [5.41, 5.74) is 3.05. The van der Waals surface area contributed by atoms with Gasteiger partial charge in [0, 0.05) is 44.8 Å². The van der Waals surface area contributed by atoms with Crippen LogP contribution in [0.25, 0.3) is 11.0 Å². The number of hydrogen-bond donors (Lipinski definition) is 1. The summed E-state index contributed by atoms with van der Waals surface area (Å²) in [5.74, 6) is 0.258. The predicted octanol–water partition coefficient (Wildman–Crippen LogP) is 1.94. The largest absolute Gasteiger partial charge is 0.506 e. The summed E-state index contributed by atoms with van der Waals surface area (Å²) >= 11 is 0. The molecule has 1 fully saturated rings. The highest BCUT2D eigenvalue weighted by atomic mass is 16.3. The number of carbonyl (C=O) groups excluding carboxylic acids is 1. The van der Waals surface area contributed by atoms with E-state index in [2.05, 4.69) is 15.0 Å². The maximum atomic E-state index is 12.9. The maximum absolute atomic E-state index is 12.9. The van der Waals surface area contributed by atoms with Crippen LogP contribution < -0.4 is 4.90 Å². The Labute approximate surface area is 151 Å². The van der Waals surface area contributed by atoms with Gasteiger partial charge < -0.3 is 14.9 Å². The highest BCUT2D eigenvalue weighted by molar-refractivity contribution is 5.97. The number of aryl methyl sites for hydroxylation is 2. The fraction of sp³-hybridized carbons (Fsp3) is 0.316. The molecule has 26 heavy (non-hydrogen) atoms. The lowest BCUT2D eigenvalue weighted by Gasteiger charge is -2.36. The lowest BCUT2D eigenvalue weighted by atomic mass is 10.1. The number of anilines is 1. The van der Waals surface area contributed by atoms with Gasteiger partial charge >= 0.3 is 0 Å². The number of hydrogen-bond acceptors (Lipinski definition) is 5. The van der Waals surface area contributed by atoms with Crippen LogP contribution in [0, 0.1) is 6.92 Å². The van der Waals surface area contributed by atoms with Gasteiger partial charge in [0.2, 0.25) is 0 Å². The van der Waals surface area contributed by atoms with Crippen molar-refractivity contribution in [2.45, 2.75) is 6.92 Å². The van der Waals surface area contributed by atoms with Gasteiger partial charge in [-0.2, -0.15) is 5.10 Å². The molecule has 0 bridgehead atoms. The van der Waals surface area contributed by atoms with Crippen LogP contribution in [0.5, 0.6) is 5.75 Å². The van der Waals surface area contributed by atoms with Crippen molar-refractivity contribution in [3.8, 4) is 5.75 Å². The van der Waals surface area contributed by atoms with Gasteiger partial charge in [0.25, 0.3) is 5.91 Å². The second kappa shape index (κ2) is 6.33. The Balaban J connectivity index is 1.50. The number of rotatable bonds is 2. The van der Waals surface area contributed by atoms with Gasteiger partial charge in [0.1, 0.15) is 5.75 Å². The molecule has 0 atom stereocenters. The number of phenolic OH excluding ortho intramolecular Hbond substituents is 1. The highest BCUT2D eigenvalue weighted by Crippen LogP contribution is 2.27. The topological polar surface area (TPSA) is 74.5 Å². The summed E-state index contributed by atoms with van der Waals surface area (Å²) in [6.07, 6.45) is 1.63. The average Bonchev–Trinajstić information content (AvgIpc) is 2.95. The SMILES string of the molecule is Cc1nn(C)c2ncc(C(=O)N3CCN(c4ccccc4O)CC3)cc12. The van der Waals surface area contributed by atoms with Crippen LogP contribution in [-0.2, 0) is 7.05 Å². The summed E-state index contributed by atoms with van der Waals surface area (Å²) < 4.78 is 1.73. The van der Waals surface area contributed by atoms with Crippen molar-refractivity contribution in [2.24, 2.45) is 7.05 Å². The van der Waals surface area contributed by atoms with E-state index in [0.29, 0.717) is 31.7 Å². The molecule has 2 aromatic heterocycles. The van der Waals surface area contributed by atoms with E-state index in [4.69, 9.17) is 0 Å². The molecule has 0 saturated carbocycles. The van der Waals surface area contributed by atoms with E-state index in [1.54, 1.807) is 16.9 Å². The minimum atomic E-state index is -0.0143. The van der Waals surface area contributed by atoms with Crippen molar-refractivity contribution in [3.05, 3.63) is 47.8 Å². The van der Waals surface area contributed by atoms with Gasteiger partial charge in [-0.15, -0.1) is 0 Å². The molecule has 7 heteroatoms. The Kier molecular flexibility index (Phi) is 3.99. The number of aromatic hydroxyl groups is 1. The summed E-state index contributed by atoms with van der Waals surface area (Å²) in [6.45, 7) is 4.51. The van der Waals surface area contributed by atoms with Crippen molar-refractivity contribution in [1.29, 1.82) is 0 Å². The zero-order valence-corrected chi connectivity index (χ0v) is 14.9. The van der Waals surface area contributed by atoms with Gasteiger partial charge in [-0.25, -0.2) is 4.98 Å². The zero-order chi connectivity index (χ0) is 18.3. The molecule has 1 aliphatic rings. The average molecular weight is 351 g/mol. The second-order valence-corrected chi connectivity index (χ2v) is 6.57. The summed E-state index contributed by atoms with van der Waals surface area (Å²) in [4.78, 5) is 21.2. The van der Waals surface area contributed by atoms with E-state index < -0.39 is 0 Å². The second-order valence-electron chi connectivity index (χ2n) is 6.57. The number of pyridine rings is 1. The minimum absolute atomic E-state index is 0.0143. The molecule has 4 rings (SSSR count). The molecule has 0 spiro atoms. The van der Waals surface area contributed by atoms with Gasteiger partial charge in [0.05, 0.1) is 16.9 Å². The monoisotopic (exact) mass is 351 g/mol. The molecule has 0 unspecified atom stereocenters. The third-order valence-electron chi connectivity index (χ3n) is 4.90. The van der Waals surface area contributed by atoms with Crippen molar-refractivity contribution in [2.75, 3.05) is 31.1 Å². The highest BCUT2D eigenvalue weighted by Gasteiger charge is 2.24. The van der Waals surface area contributed by atoms with Crippen LogP contribution in [0.4, 0.5) is 5.69 Å². The molecule has 1 amide bonds. The Bertz CT molecular complexity index is 973. The van der Waals surface area contributed by atoms with Crippen LogP contribution in [-0.4, -0.2) is 56.9 Å². The Morgan fingerprint density at radius 1 is 1.15 bits per heavy atom. The van der Waals surface area contributed by atoms with E-state index in [0.717, 1.165) is 22.4 Å². The van der Waals surface area contributed by atoms with Gasteiger partial charge in [-0.3, -0.25) is 9.48 Å². The van der Waals surface area contributed by atoms with Crippen LogP contribution in [0.15, 0.2) is 36.5 Å². The third kappa shape index (κ3) is 2.75. The standard InChI is InChI=1S/C19H21N5O2/c1-13-15-11-14(12-20-18(15)22(2)21-13)19(26)24-9-7-23(8-10-24)16-5-3-4-6-17(16)25/h3-6,11-12,25H,7-10H2,1-2H3. The lowest BCUT2D eigenvalue weighted by Crippen LogP contribution is -2.48. The number of para-hydroxylation sites is 2. The van der Waals surface area contributed by atoms with Crippen molar-refractivity contribution < 1.29 is 9.90 Å². The first-order valence-electron chi connectivity index (χ1n) is 8.66. The summed E-state index contributed by atoms with van der Waals surface area (Å²) in [7, 11) is 1.85. The number of benzene rings is 1. The number of piperazine rings is 1. The van der Waals surface area contributed by atoms with Crippen molar-refractivity contribution in [3.63, 3.8) is 0 Å². The first kappa shape index (κ1) is 16.4. The van der Waals surface area contributed by atoms with E-state index >= 15 is 0 Å². The molecule has 1 saturated heterocycles. The van der Waals surface area contributed by atoms with E-state index in [9.17, 15) is 9.90 Å². The molecule has 1 aromatic carbocycles. The van der Waals surface area contributed by atoms with E-state index in [1.807, 2.05) is 43.1 Å². The Morgan fingerprint density at radius 2 is 1.88 bits per heavy atom. The Hall–Kier alpha value is -3.09. The summed E-state index contributed by atoms with van der Waals surface area (Å²) in [5, 5.41) is 15.3. The first-order chi connectivity index (χ1) is 12.5. The molecular formula is C19H21N5O2. The minimum Gasteiger partial charge on any atom is -0.506 e. The van der Waals surface area contributed by atoms with Gasteiger partial charge in [-0.05, 0) is 25.1 Å². The Morgan fingerprint density at radius 3 is 2.62 bits per heavy atom. The van der Waals surface area contributed by atoms with Crippen LogP contribution in [0.3, 0.4) is 0 Å². The predicted molar refractivity (Wildman–Crippen MR) is 99.5 cm³/mol. The fourth-order valence-corrected chi connectivity index (χ4v) is 3.49. The zero-order valence-electron chi connectivity index (χ0n) is 14.9. The van der Waals surface area contributed by atoms with Crippen LogP contribution >= 0.6 is 0 Å². The maximum Gasteiger partial charge on any atom is 0.255 e. The number of aromatic nitrogens is 3. The van der Waals surface area contributed by atoms with Crippen molar-refractivity contribution in [1.82, 2.24) is 19.7 Å². The molecule has 1 N–H and O–H groups in total. The molecule has 0 aliphatic carbocycles. The number of phenols is 1. The van der Waals surface area contributed by atoms with Crippen LogP contribution in [0.1, 0.15) is 16.1 Å². The number of nitrogens with zero attached hydrogens (tertiary/aromatic N) is 5.